The van der Waals surface area contributed by atoms with Crippen LogP contribution in [0.15, 0.2) is 46.2 Å². The molecule has 0 aliphatic rings. The van der Waals surface area contributed by atoms with Crippen molar-refractivity contribution in [1.29, 1.82) is 0 Å². The van der Waals surface area contributed by atoms with E-state index >= 15 is 0 Å². The summed E-state index contributed by atoms with van der Waals surface area (Å²) in [7, 11) is 4.71. The van der Waals surface area contributed by atoms with Crippen LogP contribution in [0.4, 0.5) is 4.39 Å². The summed E-state index contributed by atoms with van der Waals surface area (Å²) >= 11 is 1.47. The van der Waals surface area contributed by atoms with Crippen molar-refractivity contribution in [2.24, 2.45) is 0 Å². The summed E-state index contributed by atoms with van der Waals surface area (Å²) in [5.41, 5.74) is 0. The minimum Gasteiger partial charge on any atom is -0.493 e. The summed E-state index contributed by atoms with van der Waals surface area (Å²) in [4.78, 5) is 1.79. The van der Waals surface area contributed by atoms with Gasteiger partial charge in [0.2, 0.25) is 5.75 Å². The van der Waals surface area contributed by atoms with Gasteiger partial charge in [-0.2, -0.15) is 0 Å². The second-order valence-corrected chi connectivity index (χ2v) is 5.00. The van der Waals surface area contributed by atoms with Crippen LogP contribution in [0, 0.1) is 5.82 Å². The fourth-order valence-corrected chi connectivity index (χ4v) is 2.71. The molecule has 3 nitrogen and oxygen atoms in total. The highest BCUT2D eigenvalue weighted by Crippen LogP contribution is 2.45. The number of hydrogen-bond acceptors (Lipinski definition) is 4. The molecule has 0 spiro atoms. The molecule has 0 fully saturated rings. The SMILES string of the molecule is COc1ccc(Sc2ccc(F)cc2)c(OC)c1OC. The summed E-state index contributed by atoms with van der Waals surface area (Å²) < 4.78 is 28.9. The number of benzene rings is 2. The van der Waals surface area contributed by atoms with Crippen molar-refractivity contribution < 1.29 is 18.6 Å². The smallest absolute Gasteiger partial charge is 0.204 e. The maximum Gasteiger partial charge on any atom is 0.204 e. The first-order valence-corrected chi connectivity index (χ1v) is 6.73. The number of rotatable bonds is 5. The highest BCUT2D eigenvalue weighted by molar-refractivity contribution is 7.99. The fraction of sp³-hybridized carbons (Fsp3) is 0.200. The third kappa shape index (κ3) is 2.99. The predicted octanol–water partition coefficient (Wildman–Crippen LogP) is 4.00. The molecule has 20 heavy (non-hydrogen) atoms. The molecular weight excluding hydrogens is 279 g/mol. The largest absolute Gasteiger partial charge is 0.493 e. The van der Waals surface area contributed by atoms with Crippen LogP contribution >= 0.6 is 11.8 Å². The third-order valence-corrected chi connectivity index (χ3v) is 3.76. The Kier molecular flexibility index (Phi) is 4.74. The van der Waals surface area contributed by atoms with Crippen molar-refractivity contribution in [1.82, 2.24) is 0 Å². The second-order valence-electron chi connectivity index (χ2n) is 3.89. The molecule has 5 heteroatoms. The lowest BCUT2D eigenvalue weighted by atomic mass is 10.3. The molecule has 0 unspecified atom stereocenters. The Labute approximate surface area is 121 Å². The Morgan fingerprint density at radius 1 is 0.800 bits per heavy atom. The van der Waals surface area contributed by atoms with Gasteiger partial charge >= 0.3 is 0 Å². The van der Waals surface area contributed by atoms with Crippen LogP contribution in [0.2, 0.25) is 0 Å². The average Bonchev–Trinajstić information content (AvgIpc) is 2.48. The van der Waals surface area contributed by atoms with Crippen LogP contribution in [0.3, 0.4) is 0 Å². The molecule has 106 valence electrons. The third-order valence-electron chi connectivity index (χ3n) is 2.71. The summed E-state index contributed by atoms with van der Waals surface area (Å²) in [5.74, 6) is 1.49. The van der Waals surface area contributed by atoms with E-state index in [9.17, 15) is 4.39 Å². The highest BCUT2D eigenvalue weighted by atomic mass is 32.2. The molecule has 2 aromatic carbocycles. The Morgan fingerprint density at radius 3 is 2.00 bits per heavy atom. The maximum atomic E-state index is 12.9. The first kappa shape index (κ1) is 14.5. The van der Waals surface area contributed by atoms with Crippen LogP contribution in [-0.4, -0.2) is 21.3 Å². The van der Waals surface area contributed by atoms with Crippen molar-refractivity contribution in [3.8, 4) is 17.2 Å². The van der Waals surface area contributed by atoms with Gasteiger partial charge in [-0.1, -0.05) is 11.8 Å². The van der Waals surface area contributed by atoms with E-state index in [1.807, 2.05) is 12.1 Å². The van der Waals surface area contributed by atoms with Crippen molar-refractivity contribution in [2.45, 2.75) is 9.79 Å². The van der Waals surface area contributed by atoms with Gasteiger partial charge in [0.25, 0.3) is 0 Å². The van der Waals surface area contributed by atoms with Gasteiger partial charge in [-0.25, -0.2) is 4.39 Å². The zero-order valence-corrected chi connectivity index (χ0v) is 12.3. The second kappa shape index (κ2) is 6.52. The van der Waals surface area contributed by atoms with Gasteiger partial charge in [-0.05, 0) is 36.4 Å². The molecule has 0 aliphatic carbocycles. The predicted molar refractivity (Wildman–Crippen MR) is 76.6 cm³/mol. The monoisotopic (exact) mass is 294 g/mol. The van der Waals surface area contributed by atoms with Crippen molar-refractivity contribution in [3.05, 3.63) is 42.2 Å². The molecule has 0 saturated heterocycles. The van der Waals surface area contributed by atoms with E-state index in [-0.39, 0.29) is 5.82 Å². The summed E-state index contributed by atoms with van der Waals surface area (Å²) in [5, 5.41) is 0. The van der Waals surface area contributed by atoms with E-state index in [4.69, 9.17) is 14.2 Å². The van der Waals surface area contributed by atoms with Crippen LogP contribution in [0.1, 0.15) is 0 Å². The normalized spacial score (nSPS) is 10.2. The molecular formula is C15H15FO3S. The Balaban J connectivity index is 2.38. The molecule has 0 N–H and O–H groups in total. The maximum absolute atomic E-state index is 12.9. The highest BCUT2D eigenvalue weighted by Gasteiger charge is 2.16. The molecule has 0 aliphatic heterocycles. The van der Waals surface area contributed by atoms with Crippen LogP contribution in [0.25, 0.3) is 0 Å². The van der Waals surface area contributed by atoms with Gasteiger partial charge in [-0.3, -0.25) is 0 Å². The number of hydrogen-bond donors (Lipinski definition) is 0. The van der Waals surface area contributed by atoms with Crippen LogP contribution in [-0.2, 0) is 0 Å². The molecule has 0 amide bonds. The summed E-state index contributed by atoms with van der Waals surface area (Å²) in [6.07, 6.45) is 0. The van der Waals surface area contributed by atoms with Crippen molar-refractivity contribution >= 4 is 11.8 Å². The lowest BCUT2D eigenvalue weighted by molar-refractivity contribution is 0.319. The summed E-state index contributed by atoms with van der Waals surface area (Å²) in [6.45, 7) is 0. The molecule has 0 bridgehead atoms. The van der Waals surface area contributed by atoms with Crippen molar-refractivity contribution in [2.75, 3.05) is 21.3 Å². The minimum absolute atomic E-state index is 0.256. The number of ether oxygens (including phenoxy) is 3. The first-order chi connectivity index (χ1) is 9.69. The van der Waals surface area contributed by atoms with Gasteiger partial charge in [0.05, 0.1) is 26.2 Å². The Hall–Kier alpha value is -1.88. The van der Waals surface area contributed by atoms with Crippen LogP contribution < -0.4 is 14.2 Å². The fourth-order valence-electron chi connectivity index (χ4n) is 1.78. The van der Waals surface area contributed by atoms with Gasteiger partial charge in [0, 0.05) is 4.90 Å². The molecule has 0 aromatic heterocycles. The van der Waals surface area contributed by atoms with E-state index in [1.165, 1.54) is 23.9 Å². The van der Waals surface area contributed by atoms with E-state index in [2.05, 4.69) is 0 Å². The van der Waals surface area contributed by atoms with E-state index in [0.29, 0.717) is 17.2 Å². The molecule has 2 aromatic rings. The van der Waals surface area contributed by atoms with E-state index < -0.39 is 0 Å². The van der Waals surface area contributed by atoms with Gasteiger partial charge in [0.15, 0.2) is 11.5 Å². The van der Waals surface area contributed by atoms with Crippen molar-refractivity contribution in [3.63, 3.8) is 0 Å². The van der Waals surface area contributed by atoms with Gasteiger partial charge in [-0.15, -0.1) is 0 Å². The molecule has 0 heterocycles. The summed E-state index contributed by atoms with van der Waals surface area (Å²) in [6, 6.07) is 9.98. The standard InChI is InChI=1S/C15H15FO3S/c1-17-12-8-9-13(15(19-3)14(12)18-2)20-11-6-4-10(16)5-7-11/h4-9H,1-3H3. The molecule has 2 rings (SSSR count). The quantitative estimate of drug-likeness (QED) is 0.833. The first-order valence-electron chi connectivity index (χ1n) is 5.92. The zero-order valence-electron chi connectivity index (χ0n) is 11.5. The van der Waals surface area contributed by atoms with E-state index in [1.54, 1.807) is 33.5 Å². The zero-order chi connectivity index (χ0) is 14.5. The molecule has 0 radical (unpaired) electrons. The number of halogens is 1. The topological polar surface area (TPSA) is 27.7 Å². The average molecular weight is 294 g/mol. The van der Waals surface area contributed by atoms with Crippen LogP contribution in [0.5, 0.6) is 17.2 Å². The Morgan fingerprint density at radius 2 is 1.45 bits per heavy atom. The minimum atomic E-state index is -0.256. The number of methoxy groups -OCH3 is 3. The van der Waals surface area contributed by atoms with Gasteiger partial charge in [0.1, 0.15) is 5.82 Å². The lowest BCUT2D eigenvalue weighted by Crippen LogP contribution is -1.96. The molecule has 0 atom stereocenters. The molecule has 0 saturated carbocycles. The van der Waals surface area contributed by atoms with Gasteiger partial charge < -0.3 is 14.2 Å². The lowest BCUT2D eigenvalue weighted by Gasteiger charge is -2.15. The van der Waals surface area contributed by atoms with E-state index in [0.717, 1.165) is 9.79 Å². The Bertz CT molecular complexity index is 584.